The first-order valence-electron chi connectivity index (χ1n) is 7.90. The van der Waals surface area contributed by atoms with Gasteiger partial charge in [-0.2, -0.15) is 0 Å². The van der Waals surface area contributed by atoms with Crippen LogP contribution < -0.4 is 0 Å². The summed E-state index contributed by atoms with van der Waals surface area (Å²) < 4.78 is 10.1. The molecule has 1 aromatic heterocycles. The molecule has 0 atom stereocenters. The summed E-state index contributed by atoms with van der Waals surface area (Å²) in [6.07, 6.45) is 0.487. The van der Waals surface area contributed by atoms with Crippen LogP contribution in [-0.2, 0) is 20.7 Å². The Bertz CT molecular complexity index is 773. The van der Waals surface area contributed by atoms with E-state index < -0.39 is 5.97 Å². The Morgan fingerprint density at radius 2 is 1.88 bits per heavy atom. The van der Waals surface area contributed by atoms with Crippen LogP contribution in [0, 0.1) is 6.92 Å². The monoisotopic (exact) mass is 349 g/mol. The van der Waals surface area contributed by atoms with Crippen molar-refractivity contribution in [3.05, 3.63) is 40.0 Å². The van der Waals surface area contributed by atoms with Crippen LogP contribution in [0.1, 0.15) is 41.9 Å². The molecule has 0 amide bonds. The normalized spacial score (nSPS) is 10.7. The molecular formula is C18H20ClNO4. The number of hydrogen-bond donors (Lipinski definition) is 0. The van der Waals surface area contributed by atoms with Crippen molar-refractivity contribution in [3.8, 4) is 0 Å². The zero-order valence-electron chi connectivity index (χ0n) is 14.0. The van der Waals surface area contributed by atoms with E-state index in [0.717, 1.165) is 0 Å². The van der Waals surface area contributed by atoms with Crippen LogP contribution in [0.25, 0.3) is 10.9 Å². The number of carbonyl (C=O) groups excluding carboxylic acids is 2. The Morgan fingerprint density at radius 3 is 2.54 bits per heavy atom. The van der Waals surface area contributed by atoms with Gasteiger partial charge in [-0.15, -0.1) is 0 Å². The van der Waals surface area contributed by atoms with Crippen LogP contribution in [-0.4, -0.2) is 30.1 Å². The number of pyridine rings is 1. The van der Waals surface area contributed by atoms with E-state index in [1.54, 1.807) is 32.9 Å². The smallest absolute Gasteiger partial charge is 0.340 e. The van der Waals surface area contributed by atoms with Crippen molar-refractivity contribution in [2.75, 3.05) is 13.2 Å². The molecule has 0 bridgehead atoms. The Balaban J connectivity index is 2.58. The van der Waals surface area contributed by atoms with Gasteiger partial charge >= 0.3 is 11.9 Å². The molecule has 0 fully saturated rings. The lowest BCUT2D eigenvalue weighted by atomic mass is 9.96. The van der Waals surface area contributed by atoms with Gasteiger partial charge in [0.25, 0.3) is 0 Å². The molecule has 5 nitrogen and oxygen atoms in total. The minimum atomic E-state index is -0.455. The summed E-state index contributed by atoms with van der Waals surface area (Å²) in [4.78, 5) is 28.6. The highest BCUT2D eigenvalue weighted by molar-refractivity contribution is 6.35. The molecule has 0 spiro atoms. The molecule has 1 heterocycles. The molecule has 0 saturated heterocycles. The quantitative estimate of drug-likeness (QED) is 0.741. The minimum absolute atomic E-state index is 0.157. The van der Waals surface area contributed by atoms with Gasteiger partial charge in [0.15, 0.2) is 0 Å². The summed E-state index contributed by atoms with van der Waals surface area (Å²) in [6.45, 7) is 5.83. The van der Waals surface area contributed by atoms with Gasteiger partial charge in [0.2, 0.25) is 0 Å². The van der Waals surface area contributed by atoms with Crippen LogP contribution in [0.5, 0.6) is 0 Å². The van der Waals surface area contributed by atoms with E-state index in [1.165, 1.54) is 0 Å². The largest absolute Gasteiger partial charge is 0.466 e. The second-order valence-corrected chi connectivity index (χ2v) is 5.62. The maximum absolute atomic E-state index is 12.4. The van der Waals surface area contributed by atoms with Gasteiger partial charge in [-0.05, 0) is 44.9 Å². The Labute approximate surface area is 145 Å². The summed E-state index contributed by atoms with van der Waals surface area (Å²) in [5.74, 6) is -0.773. The molecule has 0 aliphatic rings. The molecule has 0 N–H and O–H groups in total. The van der Waals surface area contributed by atoms with Crippen LogP contribution >= 0.6 is 11.6 Å². The van der Waals surface area contributed by atoms with E-state index in [1.807, 2.05) is 6.07 Å². The second-order valence-electron chi connectivity index (χ2n) is 5.21. The van der Waals surface area contributed by atoms with E-state index in [9.17, 15) is 9.59 Å². The third-order valence-corrected chi connectivity index (χ3v) is 3.92. The van der Waals surface area contributed by atoms with Crippen LogP contribution in [0.3, 0.4) is 0 Å². The molecule has 6 heteroatoms. The number of benzene rings is 1. The highest BCUT2D eigenvalue weighted by atomic mass is 35.5. The summed E-state index contributed by atoms with van der Waals surface area (Å²) >= 11 is 6.34. The molecule has 0 aliphatic carbocycles. The number of halogens is 1. The summed E-state index contributed by atoms with van der Waals surface area (Å²) in [6, 6.07) is 5.37. The van der Waals surface area contributed by atoms with Crippen LogP contribution in [0.4, 0.5) is 0 Å². The van der Waals surface area contributed by atoms with Crippen molar-refractivity contribution in [1.82, 2.24) is 4.98 Å². The van der Waals surface area contributed by atoms with E-state index in [-0.39, 0.29) is 19.0 Å². The fourth-order valence-electron chi connectivity index (χ4n) is 2.67. The van der Waals surface area contributed by atoms with Crippen LogP contribution in [0.15, 0.2) is 18.2 Å². The molecular weight excluding hydrogens is 330 g/mol. The molecule has 128 valence electrons. The van der Waals surface area contributed by atoms with Gasteiger partial charge < -0.3 is 9.47 Å². The second kappa shape index (κ2) is 8.11. The number of esters is 2. The maximum atomic E-state index is 12.4. The van der Waals surface area contributed by atoms with Crippen molar-refractivity contribution in [2.24, 2.45) is 0 Å². The van der Waals surface area contributed by atoms with Gasteiger partial charge in [0.1, 0.15) is 0 Å². The number of rotatable bonds is 6. The first-order valence-corrected chi connectivity index (χ1v) is 8.27. The molecule has 1 aromatic carbocycles. The molecule has 24 heavy (non-hydrogen) atoms. The standard InChI is InChI=1S/C18H20ClNO4/c1-4-23-15(21)10-9-12-16(18(22)24-5-2)11(3)20-14-8-6-7-13(19)17(12)14/h6-8H,4-5,9-10H2,1-3H3. The van der Waals surface area contributed by atoms with Crippen molar-refractivity contribution < 1.29 is 19.1 Å². The van der Waals surface area contributed by atoms with Crippen molar-refractivity contribution in [2.45, 2.75) is 33.6 Å². The average molecular weight is 350 g/mol. The lowest BCUT2D eigenvalue weighted by Crippen LogP contribution is -2.14. The fourth-order valence-corrected chi connectivity index (χ4v) is 2.95. The third-order valence-electron chi connectivity index (χ3n) is 3.61. The number of nitrogens with zero attached hydrogens (tertiary/aromatic N) is 1. The van der Waals surface area contributed by atoms with Gasteiger partial charge in [-0.3, -0.25) is 9.78 Å². The van der Waals surface area contributed by atoms with Crippen molar-refractivity contribution in [1.29, 1.82) is 0 Å². The number of carbonyl (C=O) groups is 2. The summed E-state index contributed by atoms with van der Waals surface area (Å²) in [5.41, 5.74) is 2.30. The lowest BCUT2D eigenvalue weighted by molar-refractivity contribution is -0.143. The van der Waals surface area contributed by atoms with Crippen molar-refractivity contribution >= 4 is 34.4 Å². The number of ether oxygens (including phenoxy) is 2. The Morgan fingerprint density at radius 1 is 1.17 bits per heavy atom. The zero-order chi connectivity index (χ0) is 17.7. The number of aromatic nitrogens is 1. The number of fused-ring (bicyclic) bond motifs is 1. The molecule has 0 radical (unpaired) electrons. The topological polar surface area (TPSA) is 65.5 Å². The van der Waals surface area contributed by atoms with E-state index in [4.69, 9.17) is 21.1 Å². The van der Waals surface area contributed by atoms with Crippen LogP contribution in [0.2, 0.25) is 5.02 Å². The lowest BCUT2D eigenvalue weighted by Gasteiger charge is -2.15. The Kier molecular flexibility index (Phi) is 6.15. The van der Waals surface area contributed by atoms with E-state index in [2.05, 4.69) is 4.98 Å². The molecule has 0 unspecified atom stereocenters. The minimum Gasteiger partial charge on any atom is -0.466 e. The predicted octanol–water partition coefficient (Wildman–Crippen LogP) is 3.87. The summed E-state index contributed by atoms with van der Waals surface area (Å²) in [7, 11) is 0. The predicted molar refractivity (Wildman–Crippen MR) is 92.4 cm³/mol. The summed E-state index contributed by atoms with van der Waals surface area (Å²) in [5, 5.41) is 1.17. The van der Waals surface area contributed by atoms with Gasteiger partial charge in [-0.1, -0.05) is 17.7 Å². The zero-order valence-corrected chi connectivity index (χ0v) is 14.8. The van der Waals surface area contributed by atoms with Gasteiger partial charge in [0, 0.05) is 11.8 Å². The first-order chi connectivity index (χ1) is 11.5. The fraction of sp³-hybridized carbons (Fsp3) is 0.389. The van der Waals surface area contributed by atoms with E-state index >= 15 is 0 Å². The average Bonchev–Trinajstić information content (AvgIpc) is 2.52. The van der Waals surface area contributed by atoms with E-state index in [0.29, 0.717) is 45.8 Å². The molecule has 0 saturated carbocycles. The molecule has 2 rings (SSSR count). The van der Waals surface area contributed by atoms with Crippen molar-refractivity contribution in [3.63, 3.8) is 0 Å². The highest BCUT2D eigenvalue weighted by Gasteiger charge is 2.22. The molecule has 2 aromatic rings. The number of aryl methyl sites for hydroxylation is 2. The van der Waals surface area contributed by atoms with Gasteiger partial charge in [-0.25, -0.2) is 4.79 Å². The maximum Gasteiger partial charge on any atom is 0.340 e. The number of hydrogen-bond acceptors (Lipinski definition) is 5. The first kappa shape index (κ1) is 18.2. The third kappa shape index (κ3) is 3.85. The molecule has 0 aliphatic heterocycles. The highest BCUT2D eigenvalue weighted by Crippen LogP contribution is 2.31. The SMILES string of the molecule is CCOC(=O)CCc1c(C(=O)OCC)c(C)nc2cccc(Cl)c12. The van der Waals surface area contributed by atoms with Gasteiger partial charge in [0.05, 0.1) is 35.0 Å². The Hall–Kier alpha value is -2.14.